The molecule has 2 rings (SSSR count). The van der Waals surface area contributed by atoms with Gasteiger partial charge in [-0.25, -0.2) is 9.37 Å². The maximum atomic E-state index is 13.7. The Morgan fingerprint density at radius 2 is 2.10 bits per heavy atom. The van der Waals surface area contributed by atoms with Crippen molar-refractivity contribution in [1.29, 1.82) is 5.26 Å². The van der Waals surface area contributed by atoms with Gasteiger partial charge in [-0.1, -0.05) is 0 Å². The number of nitrogens with two attached hydrogens (primary N) is 2. The average Bonchev–Trinajstić information content (AvgIpc) is 2.42. The van der Waals surface area contributed by atoms with Crippen molar-refractivity contribution in [2.24, 2.45) is 5.73 Å². The summed E-state index contributed by atoms with van der Waals surface area (Å²) in [7, 11) is 0. The number of benzene rings is 1. The number of carbonyl (C=O) groups excluding carboxylic acids is 1. The minimum absolute atomic E-state index is 0.00996. The first-order chi connectivity index (χ1) is 9.51. The summed E-state index contributed by atoms with van der Waals surface area (Å²) < 4.78 is 13.7. The van der Waals surface area contributed by atoms with E-state index < -0.39 is 11.7 Å². The Kier molecular flexibility index (Phi) is 3.48. The highest BCUT2D eigenvalue weighted by molar-refractivity contribution is 5.92. The van der Waals surface area contributed by atoms with Crippen molar-refractivity contribution >= 4 is 23.1 Å². The van der Waals surface area contributed by atoms with E-state index in [0.717, 1.165) is 6.07 Å². The summed E-state index contributed by atoms with van der Waals surface area (Å²) in [6, 6.07) is 8.54. The molecule has 0 aliphatic rings. The number of anilines is 3. The highest BCUT2D eigenvalue weighted by Gasteiger charge is 2.10. The lowest BCUT2D eigenvalue weighted by molar-refractivity contribution is 0.0996. The van der Waals surface area contributed by atoms with Crippen LogP contribution >= 0.6 is 0 Å². The van der Waals surface area contributed by atoms with Gasteiger partial charge >= 0.3 is 0 Å². The zero-order valence-corrected chi connectivity index (χ0v) is 10.2. The summed E-state index contributed by atoms with van der Waals surface area (Å²) in [5, 5.41) is 11.3. The van der Waals surface area contributed by atoms with Gasteiger partial charge in [0.15, 0.2) is 5.82 Å². The SMILES string of the molecule is N#Cc1ccc(Nc2nc(C(N)=O)ccc2N)c(F)c1. The van der Waals surface area contributed by atoms with Crippen LogP contribution in [0.2, 0.25) is 0 Å². The van der Waals surface area contributed by atoms with Crippen LogP contribution in [0.5, 0.6) is 0 Å². The number of aromatic nitrogens is 1. The van der Waals surface area contributed by atoms with E-state index in [4.69, 9.17) is 16.7 Å². The van der Waals surface area contributed by atoms with Crippen LogP contribution in [-0.2, 0) is 0 Å². The van der Waals surface area contributed by atoms with Gasteiger partial charge in [0.1, 0.15) is 11.5 Å². The third-order valence-corrected chi connectivity index (χ3v) is 2.53. The lowest BCUT2D eigenvalue weighted by Crippen LogP contribution is -2.14. The Morgan fingerprint density at radius 1 is 1.35 bits per heavy atom. The van der Waals surface area contributed by atoms with Gasteiger partial charge in [-0.15, -0.1) is 0 Å². The molecule has 5 N–H and O–H groups in total. The molecule has 0 aliphatic carbocycles. The van der Waals surface area contributed by atoms with Crippen LogP contribution in [0.3, 0.4) is 0 Å². The van der Waals surface area contributed by atoms with Crippen LogP contribution in [0.4, 0.5) is 21.6 Å². The first-order valence-corrected chi connectivity index (χ1v) is 5.54. The van der Waals surface area contributed by atoms with Gasteiger partial charge in [0, 0.05) is 0 Å². The topological polar surface area (TPSA) is 118 Å². The van der Waals surface area contributed by atoms with Crippen molar-refractivity contribution < 1.29 is 9.18 Å². The maximum absolute atomic E-state index is 13.7. The fraction of sp³-hybridized carbons (Fsp3) is 0. The lowest BCUT2D eigenvalue weighted by atomic mass is 10.2. The molecule has 1 aromatic carbocycles. The third-order valence-electron chi connectivity index (χ3n) is 2.53. The van der Waals surface area contributed by atoms with Crippen molar-refractivity contribution in [1.82, 2.24) is 4.98 Å². The zero-order valence-electron chi connectivity index (χ0n) is 10.2. The first kappa shape index (κ1) is 13.3. The van der Waals surface area contributed by atoms with Crippen molar-refractivity contribution in [3.63, 3.8) is 0 Å². The number of primary amides is 1. The van der Waals surface area contributed by atoms with Crippen LogP contribution < -0.4 is 16.8 Å². The number of rotatable bonds is 3. The summed E-state index contributed by atoms with van der Waals surface area (Å²) >= 11 is 0. The fourth-order valence-electron chi connectivity index (χ4n) is 1.52. The number of halogens is 1. The molecular weight excluding hydrogens is 261 g/mol. The third kappa shape index (κ3) is 2.64. The average molecular weight is 271 g/mol. The normalized spacial score (nSPS) is 9.80. The van der Waals surface area contributed by atoms with Crippen LogP contribution in [0, 0.1) is 17.1 Å². The molecule has 2 aromatic rings. The van der Waals surface area contributed by atoms with Gasteiger partial charge in [0.2, 0.25) is 0 Å². The van der Waals surface area contributed by atoms with E-state index in [2.05, 4.69) is 10.3 Å². The second-order valence-electron chi connectivity index (χ2n) is 3.93. The Balaban J connectivity index is 2.37. The summed E-state index contributed by atoms with van der Waals surface area (Å²) in [6.07, 6.45) is 0. The van der Waals surface area contributed by atoms with Gasteiger partial charge in [0.25, 0.3) is 5.91 Å². The number of nitriles is 1. The largest absolute Gasteiger partial charge is 0.396 e. The smallest absolute Gasteiger partial charge is 0.267 e. The van der Waals surface area contributed by atoms with Gasteiger partial charge in [0.05, 0.1) is 23.0 Å². The molecule has 1 heterocycles. The van der Waals surface area contributed by atoms with Crippen molar-refractivity contribution in [3.8, 4) is 6.07 Å². The number of hydrogen-bond acceptors (Lipinski definition) is 5. The Hall–Kier alpha value is -3.14. The van der Waals surface area contributed by atoms with Gasteiger partial charge < -0.3 is 16.8 Å². The Labute approximate surface area is 113 Å². The fourth-order valence-corrected chi connectivity index (χ4v) is 1.52. The molecule has 0 atom stereocenters. The molecular formula is C13H10FN5O. The molecule has 0 saturated heterocycles. The van der Waals surface area contributed by atoms with E-state index in [1.165, 1.54) is 24.3 Å². The number of pyridine rings is 1. The van der Waals surface area contributed by atoms with Gasteiger partial charge in [-0.2, -0.15) is 5.26 Å². The molecule has 0 bridgehead atoms. The quantitative estimate of drug-likeness (QED) is 0.782. The number of nitrogens with zero attached hydrogens (tertiary/aromatic N) is 2. The Morgan fingerprint density at radius 3 is 2.70 bits per heavy atom. The molecule has 20 heavy (non-hydrogen) atoms. The van der Waals surface area contributed by atoms with E-state index in [1.54, 1.807) is 0 Å². The maximum Gasteiger partial charge on any atom is 0.267 e. The summed E-state index contributed by atoms with van der Waals surface area (Å²) in [4.78, 5) is 15.0. The van der Waals surface area contributed by atoms with E-state index >= 15 is 0 Å². The summed E-state index contributed by atoms with van der Waals surface area (Å²) in [6.45, 7) is 0. The van der Waals surface area contributed by atoms with Crippen LogP contribution in [0.25, 0.3) is 0 Å². The highest BCUT2D eigenvalue weighted by Crippen LogP contribution is 2.23. The van der Waals surface area contributed by atoms with Crippen LogP contribution in [-0.4, -0.2) is 10.9 Å². The summed E-state index contributed by atoms with van der Waals surface area (Å²) in [5.41, 5.74) is 11.3. The number of amides is 1. The van der Waals surface area contributed by atoms with Crippen LogP contribution in [0.15, 0.2) is 30.3 Å². The minimum Gasteiger partial charge on any atom is -0.396 e. The minimum atomic E-state index is -0.714. The molecule has 1 amide bonds. The second-order valence-corrected chi connectivity index (χ2v) is 3.93. The van der Waals surface area contributed by atoms with E-state index in [1.807, 2.05) is 6.07 Å². The molecule has 0 spiro atoms. The molecule has 6 nitrogen and oxygen atoms in total. The molecule has 0 unspecified atom stereocenters. The predicted octanol–water partition coefficient (Wildman–Crippen LogP) is 1.52. The molecule has 1 aromatic heterocycles. The van der Waals surface area contributed by atoms with Gasteiger partial charge in [-0.05, 0) is 30.3 Å². The molecule has 0 radical (unpaired) electrons. The number of nitrogen functional groups attached to an aromatic ring is 1. The number of nitrogens with one attached hydrogen (secondary N) is 1. The first-order valence-electron chi connectivity index (χ1n) is 5.54. The van der Waals surface area contributed by atoms with Crippen molar-refractivity contribution in [2.45, 2.75) is 0 Å². The predicted molar refractivity (Wildman–Crippen MR) is 71.6 cm³/mol. The second kappa shape index (κ2) is 5.24. The van der Waals surface area contributed by atoms with Crippen LogP contribution in [0.1, 0.15) is 16.1 Å². The zero-order chi connectivity index (χ0) is 14.7. The van der Waals surface area contributed by atoms with E-state index in [9.17, 15) is 9.18 Å². The molecule has 0 fully saturated rings. The van der Waals surface area contributed by atoms with Crippen molar-refractivity contribution in [2.75, 3.05) is 11.1 Å². The lowest BCUT2D eigenvalue weighted by Gasteiger charge is -2.10. The summed E-state index contributed by atoms with van der Waals surface area (Å²) in [5.74, 6) is -1.23. The van der Waals surface area contributed by atoms with Crippen molar-refractivity contribution in [3.05, 3.63) is 47.4 Å². The van der Waals surface area contributed by atoms with Gasteiger partial charge in [-0.3, -0.25) is 4.79 Å². The highest BCUT2D eigenvalue weighted by atomic mass is 19.1. The van der Waals surface area contributed by atoms with E-state index in [-0.39, 0.29) is 28.5 Å². The molecule has 0 saturated carbocycles. The molecule has 0 aliphatic heterocycles. The monoisotopic (exact) mass is 271 g/mol. The molecule has 7 heteroatoms. The van der Waals surface area contributed by atoms with E-state index in [0.29, 0.717) is 0 Å². The standard InChI is InChI=1S/C13H10FN5O/c14-8-5-7(6-15)1-3-10(8)18-13-9(16)2-4-11(19-13)12(17)20/h1-5H,16H2,(H2,17,20)(H,18,19). The number of carbonyl (C=O) groups is 1. The molecule has 100 valence electrons. The number of hydrogen-bond donors (Lipinski definition) is 3. The Bertz CT molecular complexity index is 723.